The molecule has 4 aromatic rings. The van der Waals surface area contributed by atoms with E-state index in [1.54, 1.807) is 12.4 Å². The molecule has 0 aliphatic carbocycles. The molecule has 2 aromatic heterocycles. The van der Waals surface area contributed by atoms with Crippen LogP contribution >= 0.6 is 12.6 Å². The molecule has 0 saturated carbocycles. The molecule has 6 atom stereocenters. The van der Waals surface area contributed by atoms with Crippen molar-refractivity contribution in [1.82, 2.24) is 41.9 Å². The number of aliphatic imine (C=N–C) groups is 2. The summed E-state index contributed by atoms with van der Waals surface area (Å²) < 4.78 is 0. The van der Waals surface area contributed by atoms with Crippen molar-refractivity contribution >= 4 is 87.7 Å². The summed E-state index contributed by atoms with van der Waals surface area (Å²) in [7, 11) is 0. The maximum Gasteiger partial charge on any atom is 0.244 e. The van der Waals surface area contributed by atoms with Crippen molar-refractivity contribution in [3.8, 4) is 0 Å². The van der Waals surface area contributed by atoms with Gasteiger partial charge in [0.15, 0.2) is 11.9 Å². The first kappa shape index (κ1) is 53.3. The van der Waals surface area contributed by atoms with Crippen LogP contribution in [0, 0.1) is 5.92 Å². The number of hydrogen-bond acceptors (Lipinski definition) is 10. The Hall–Kier alpha value is -7.30. The zero-order valence-electron chi connectivity index (χ0n) is 38.5. The number of H-pyrrole nitrogens is 2. The number of amides is 7. The van der Waals surface area contributed by atoms with Gasteiger partial charge in [-0.05, 0) is 61.3 Å². The minimum absolute atomic E-state index is 0.00310. The highest BCUT2D eigenvalue weighted by molar-refractivity contribution is 7.80. The first-order valence-electron chi connectivity index (χ1n) is 22.3. The van der Waals surface area contributed by atoms with Crippen LogP contribution in [0.1, 0.15) is 64.0 Å². The largest absolute Gasteiger partial charge is 0.370 e. The number of nitrogens with zero attached hydrogens (tertiary/aromatic N) is 2. The summed E-state index contributed by atoms with van der Waals surface area (Å²) in [6.45, 7) is 5.25. The zero-order valence-corrected chi connectivity index (χ0v) is 39.4. The number of thiol groups is 1. The van der Waals surface area contributed by atoms with Crippen LogP contribution in [0.15, 0.2) is 70.9 Å². The van der Waals surface area contributed by atoms with Crippen LogP contribution in [0.5, 0.6) is 0 Å². The number of carbonyl (C=O) groups is 7. The monoisotopic (exact) mass is 959 g/mol. The topological polar surface area (TPSA) is 378 Å². The van der Waals surface area contributed by atoms with Gasteiger partial charge in [0, 0.05) is 72.8 Å². The Morgan fingerprint density at radius 2 is 0.941 bits per heavy atom. The molecule has 22 nitrogen and oxygen atoms in total. The van der Waals surface area contributed by atoms with E-state index in [-0.39, 0.29) is 75.2 Å². The molecule has 18 N–H and O–H groups in total. The SMILES string of the molecule is CC(=O)N[C@@H](CCCN=C(N)N)C(=O)N[C@@H](CCCN=C(N)N)C(=O)N[C@@H](Cc1c[nH]c2ccccc12)C(=O)N[C@@H](Cc1c[nH]c2ccccc12)C(=O)N[C@@H](CS)C(=O)N[C@@H](CC(C)C)C(N)=O. The molecule has 368 valence electrons. The number of rotatable bonds is 27. The van der Waals surface area contributed by atoms with Gasteiger partial charge in [-0.1, -0.05) is 50.2 Å². The minimum atomic E-state index is -1.36. The van der Waals surface area contributed by atoms with Gasteiger partial charge in [-0.2, -0.15) is 12.6 Å². The maximum atomic E-state index is 14.8. The molecule has 0 fully saturated rings. The van der Waals surface area contributed by atoms with Gasteiger partial charge < -0.3 is 70.5 Å². The van der Waals surface area contributed by atoms with Gasteiger partial charge in [0.05, 0.1) is 0 Å². The normalized spacial score (nSPS) is 13.8. The van der Waals surface area contributed by atoms with E-state index in [4.69, 9.17) is 28.7 Å². The van der Waals surface area contributed by atoms with Crippen molar-refractivity contribution in [3.05, 3.63) is 72.1 Å². The fraction of sp³-hybridized carbons (Fsp3) is 0.444. The van der Waals surface area contributed by atoms with Crippen molar-refractivity contribution in [2.75, 3.05) is 18.8 Å². The molecule has 0 radical (unpaired) electrons. The number of para-hydroxylation sites is 2. The highest BCUT2D eigenvalue weighted by Crippen LogP contribution is 2.22. The molecule has 68 heavy (non-hydrogen) atoms. The van der Waals surface area contributed by atoms with Gasteiger partial charge in [0.25, 0.3) is 0 Å². The third-order valence-electron chi connectivity index (χ3n) is 10.9. The molecule has 0 aliphatic rings. The number of carbonyl (C=O) groups excluding carboxylic acids is 7. The number of nitrogens with one attached hydrogen (secondary N) is 8. The van der Waals surface area contributed by atoms with Crippen LogP contribution in [-0.4, -0.2) is 118 Å². The van der Waals surface area contributed by atoms with Crippen molar-refractivity contribution < 1.29 is 33.6 Å². The molecule has 23 heteroatoms. The summed E-state index contributed by atoms with van der Waals surface area (Å²) in [4.78, 5) is 110. The molecule has 0 spiro atoms. The molecule has 2 aromatic carbocycles. The number of primary amides is 1. The van der Waals surface area contributed by atoms with E-state index in [0.717, 1.165) is 21.8 Å². The van der Waals surface area contributed by atoms with Crippen LogP contribution in [0.2, 0.25) is 0 Å². The van der Waals surface area contributed by atoms with Crippen LogP contribution < -0.4 is 60.6 Å². The fourth-order valence-electron chi connectivity index (χ4n) is 7.52. The first-order chi connectivity index (χ1) is 32.4. The Kier molecular flexibility index (Phi) is 20.5. The van der Waals surface area contributed by atoms with Gasteiger partial charge >= 0.3 is 0 Å². The molecule has 0 saturated heterocycles. The number of nitrogens with two attached hydrogens (primary N) is 5. The molecule has 2 heterocycles. The van der Waals surface area contributed by atoms with E-state index in [0.29, 0.717) is 17.5 Å². The molecule has 4 rings (SSSR count). The molecular formula is C45H65N15O7S. The lowest BCUT2D eigenvalue weighted by atomic mass is 10.0. The van der Waals surface area contributed by atoms with Gasteiger partial charge in [-0.3, -0.25) is 43.5 Å². The minimum Gasteiger partial charge on any atom is -0.370 e. The smallest absolute Gasteiger partial charge is 0.244 e. The number of benzene rings is 2. The summed E-state index contributed by atoms with van der Waals surface area (Å²) in [6, 6.07) is 7.41. The number of hydrogen-bond donors (Lipinski definition) is 14. The molecular weight excluding hydrogens is 895 g/mol. The van der Waals surface area contributed by atoms with E-state index < -0.39 is 77.6 Å². The highest BCUT2D eigenvalue weighted by atomic mass is 32.1. The lowest BCUT2D eigenvalue weighted by Crippen LogP contribution is -2.60. The van der Waals surface area contributed by atoms with Gasteiger partial charge in [0.1, 0.15) is 36.3 Å². The Bertz CT molecular complexity index is 2440. The maximum absolute atomic E-state index is 14.8. The second-order valence-corrected chi connectivity index (χ2v) is 17.2. The first-order valence-corrected chi connectivity index (χ1v) is 22.9. The number of fused-ring (bicyclic) bond motifs is 2. The average molecular weight is 960 g/mol. The Balaban J connectivity index is 1.70. The molecule has 0 unspecified atom stereocenters. The van der Waals surface area contributed by atoms with Crippen molar-refractivity contribution in [2.24, 2.45) is 44.6 Å². The predicted molar refractivity (Wildman–Crippen MR) is 264 cm³/mol. The van der Waals surface area contributed by atoms with E-state index in [1.807, 2.05) is 62.4 Å². The summed E-state index contributed by atoms with van der Waals surface area (Å²) in [5.74, 6) is -5.41. The van der Waals surface area contributed by atoms with Crippen LogP contribution in [0.4, 0.5) is 0 Å². The van der Waals surface area contributed by atoms with Gasteiger partial charge in [-0.15, -0.1) is 0 Å². The quantitative estimate of drug-likeness (QED) is 0.0148. The second-order valence-electron chi connectivity index (χ2n) is 16.8. The number of aromatic nitrogens is 2. The Labute approximate surface area is 399 Å². The zero-order chi connectivity index (χ0) is 49.9. The third-order valence-corrected chi connectivity index (χ3v) is 11.2. The lowest BCUT2D eigenvalue weighted by molar-refractivity contribution is -0.135. The molecule has 7 amide bonds. The van der Waals surface area contributed by atoms with Crippen LogP contribution in [-0.2, 0) is 46.4 Å². The predicted octanol–water partition coefficient (Wildman–Crippen LogP) is -1.07. The summed E-state index contributed by atoms with van der Waals surface area (Å²) >= 11 is 4.32. The van der Waals surface area contributed by atoms with Crippen molar-refractivity contribution in [1.29, 1.82) is 0 Å². The van der Waals surface area contributed by atoms with E-state index in [2.05, 4.69) is 64.5 Å². The van der Waals surface area contributed by atoms with E-state index in [9.17, 15) is 33.6 Å². The van der Waals surface area contributed by atoms with E-state index >= 15 is 0 Å². The Morgan fingerprint density at radius 1 is 0.559 bits per heavy atom. The standard InChI is InChI=1S/C45H65N15O7S/c1-24(2)18-34(38(46)62)57-43(67)37(23-68)60-42(66)36(20-27-22-54-31-13-7-5-11-29(27)31)59-41(65)35(19-26-21-53-30-12-6-4-10-28(26)30)58-40(64)33(15-9-17-52-45(49)50)56-39(63)32(55-25(3)61)14-8-16-51-44(47)48/h4-7,10-13,21-22,24,32-37,53-54,68H,8-9,14-20,23H2,1-3H3,(H2,46,62)(H,55,61)(H,56,63)(H,57,67)(H,58,64)(H,59,65)(H,60,66)(H4,47,48,51)(H4,49,50,52)/t32-,33-,34-,35-,36-,37-/m0/s1. The summed E-state index contributed by atoms with van der Waals surface area (Å²) in [5.41, 5.74) is 30.4. The summed E-state index contributed by atoms with van der Waals surface area (Å²) in [5, 5.41) is 17.8. The van der Waals surface area contributed by atoms with Crippen molar-refractivity contribution in [3.63, 3.8) is 0 Å². The Morgan fingerprint density at radius 3 is 1.35 bits per heavy atom. The highest BCUT2D eigenvalue weighted by Gasteiger charge is 2.34. The lowest BCUT2D eigenvalue weighted by Gasteiger charge is -2.27. The van der Waals surface area contributed by atoms with E-state index in [1.165, 1.54) is 6.92 Å². The van der Waals surface area contributed by atoms with Gasteiger partial charge in [-0.25, -0.2) is 0 Å². The number of aromatic amines is 2. The average Bonchev–Trinajstić information content (AvgIpc) is 3.89. The molecule has 0 aliphatic heterocycles. The van der Waals surface area contributed by atoms with Crippen LogP contribution in [0.25, 0.3) is 21.8 Å². The summed E-state index contributed by atoms with van der Waals surface area (Å²) in [6.07, 6.45) is 4.18. The fourth-order valence-corrected chi connectivity index (χ4v) is 7.78. The van der Waals surface area contributed by atoms with Gasteiger partial charge in [0.2, 0.25) is 41.4 Å². The second kappa shape index (κ2) is 26.1. The molecule has 0 bridgehead atoms. The third kappa shape index (κ3) is 16.5. The van der Waals surface area contributed by atoms with Crippen LogP contribution in [0.3, 0.4) is 0 Å². The number of guanidine groups is 2. The van der Waals surface area contributed by atoms with Crippen molar-refractivity contribution in [2.45, 2.75) is 102 Å².